The molecular weight excluding hydrogens is 298 g/mol. The van der Waals surface area contributed by atoms with E-state index in [1.54, 1.807) is 24.8 Å². The van der Waals surface area contributed by atoms with Gasteiger partial charge in [0.25, 0.3) is 0 Å². The van der Waals surface area contributed by atoms with E-state index >= 15 is 0 Å². The molecule has 0 saturated heterocycles. The molecule has 3 aromatic rings. The molecule has 3 heterocycles. The summed E-state index contributed by atoms with van der Waals surface area (Å²) in [4.78, 5) is 20.9. The number of carbonyl (C=O) groups excluding carboxylic acids is 1. The van der Waals surface area contributed by atoms with Crippen molar-refractivity contribution in [3.05, 3.63) is 95.6 Å². The van der Waals surface area contributed by atoms with Crippen molar-refractivity contribution >= 4 is 5.91 Å². The monoisotopic (exact) mass is 315 g/mol. The van der Waals surface area contributed by atoms with Crippen molar-refractivity contribution in [3.8, 4) is 0 Å². The largest absolute Gasteiger partial charge is 0.345 e. The highest BCUT2D eigenvalue weighted by Crippen LogP contribution is 2.35. The Morgan fingerprint density at radius 1 is 0.833 bits per heavy atom. The molecule has 4 nitrogen and oxygen atoms in total. The summed E-state index contributed by atoms with van der Waals surface area (Å²) in [5, 5.41) is 3.18. The first kappa shape index (κ1) is 14.6. The van der Waals surface area contributed by atoms with Crippen molar-refractivity contribution in [2.75, 3.05) is 0 Å². The van der Waals surface area contributed by atoms with Crippen molar-refractivity contribution in [2.24, 2.45) is 0 Å². The number of aromatic nitrogens is 2. The minimum atomic E-state index is -0.179. The Bertz CT molecular complexity index is 849. The third-order valence-electron chi connectivity index (χ3n) is 4.51. The van der Waals surface area contributed by atoms with E-state index in [1.165, 1.54) is 0 Å². The summed E-state index contributed by atoms with van der Waals surface area (Å²) in [5.74, 6) is -0.117. The molecule has 0 saturated carbocycles. The number of fused-ring (bicyclic) bond motifs is 1. The van der Waals surface area contributed by atoms with Crippen molar-refractivity contribution in [1.82, 2.24) is 15.3 Å². The second-order valence-electron chi connectivity index (χ2n) is 5.96. The Hall–Kier alpha value is -3.01. The van der Waals surface area contributed by atoms with Crippen molar-refractivity contribution in [3.63, 3.8) is 0 Å². The molecule has 1 amide bonds. The molecule has 1 aromatic carbocycles. The quantitative estimate of drug-likeness (QED) is 0.808. The van der Waals surface area contributed by atoms with Gasteiger partial charge in [-0.1, -0.05) is 24.3 Å². The summed E-state index contributed by atoms with van der Waals surface area (Å²) in [6.45, 7) is 0. The van der Waals surface area contributed by atoms with E-state index in [2.05, 4.69) is 27.4 Å². The topological polar surface area (TPSA) is 54.9 Å². The standard InChI is InChI=1S/C20H17N3O/c24-20-18(13-14-5-9-21-10-6-14)16-3-1-2-4-17(16)19(23-20)15-7-11-22-12-8-15/h1-12,18-19H,13H2,(H,23,24). The summed E-state index contributed by atoms with van der Waals surface area (Å²) in [6.07, 6.45) is 7.72. The number of carbonyl (C=O) groups is 1. The van der Waals surface area contributed by atoms with Gasteiger partial charge < -0.3 is 5.32 Å². The lowest BCUT2D eigenvalue weighted by atomic mass is 9.81. The van der Waals surface area contributed by atoms with E-state index in [4.69, 9.17) is 0 Å². The van der Waals surface area contributed by atoms with Crippen LogP contribution in [0, 0.1) is 0 Å². The van der Waals surface area contributed by atoms with Gasteiger partial charge in [-0.15, -0.1) is 0 Å². The predicted octanol–water partition coefficient (Wildman–Crippen LogP) is 3.02. The van der Waals surface area contributed by atoms with E-state index in [1.807, 2.05) is 36.4 Å². The summed E-state index contributed by atoms with van der Waals surface area (Å²) < 4.78 is 0. The number of pyridine rings is 2. The average molecular weight is 315 g/mol. The molecule has 0 spiro atoms. The zero-order chi connectivity index (χ0) is 16.4. The molecule has 2 atom stereocenters. The molecule has 4 rings (SSSR count). The maximum absolute atomic E-state index is 12.8. The van der Waals surface area contributed by atoms with Crippen LogP contribution in [0.5, 0.6) is 0 Å². The van der Waals surface area contributed by atoms with Crippen molar-refractivity contribution < 1.29 is 4.79 Å². The number of nitrogens with zero attached hydrogens (tertiary/aromatic N) is 2. The minimum absolute atomic E-state index is 0.0623. The van der Waals surface area contributed by atoms with Crippen LogP contribution in [0.3, 0.4) is 0 Å². The van der Waals surface area contributed by atoms with Crippen LogP contribution in [0.25, 0.3) is 0 Å². The minimum Gasteiger partial charge on any atom is -0.345 e. The zero-order valence-corrected chi connectivity index (χ0v) is 13.1. The van der Waals surface area contributed by atoms with Gasteiger partial charge in [0, 0.05) is 24.8 Å². The van der Waals surface area contributed by atoms with Gasteiger partial charge in [0.05, 0.1) is 12.0 Å². The zero-order valence-electron chi connectivity index (χ0n) is 13.1. The lowest BCUT2D eigenvalue weighted by Gasteiger charge is -2.32. The van der Waals surface area contributed by atoms with E-state index in [0.29, 0.717) is 6.42 Å². The van der Waals surface area contributed by atoms with Crippen molar-refractivity contribution in [2.45, 2.75) is 18.4 Å². The predicted molar refractivity (Wildman–Crippen MR) is 91.3 cm³/mol. The second kappa shape index (κ2) is 6.24. The van der Waals surface area contributed by atoms with Gasteiger partial charge in [-0.25, -0.2) is 0 Å². The first-order chi connectivity index (χ1) is 11.8. The fraction of sp³-hybridized carbons (Fsp3) is 0.150. The molecule has 0 bridgehead atoms. The Kier molecular flexibility index (Phi) is 3.79. The Balaban J connectivity index is 1.74. The second-order valence-corrected chi connectivity index (χ2v) is 5.96. The maximum Gasteiger partial charge on any atom is 0.228 e. The molecule has 0 aliphatic carbocycles. The van der Waals surface area contributed by atoms with Crippen LogP contribution in [0.2, 0.25) is 0 Å². The Morgan fingerprint density at radius 2 is 1.46 bits per heavy atom. The summed E-state index contributed by atoms with van der Waals surface area (Å²) in [5.41, 5.74) is 4.41. The van der Waals surface area contributed by atoms with Crippen LogP contribution in [0.15, 0.2) is 73.3 Å². The highest BCUT2D eigenvalue weighted by molar-refractivity contribution is 5.87. The number of rotatable bonds is 3. The molecule has 118 valence electrons. The molecule has 24 heavy (non-hydrogen) atoms. The van der Waals surface area contributed by atoms with Gasteiger partial charge in [0.15, 0.2) is 0 Å². The molecule has 2 aromatic heterocycles. The molecule has 0 fully saturated rings. The Morgan fingerprint density at radius 3 is 2.17 bits per heavy atom. The van der Waals surface area contributed by atoms with Gasteiger partial charge in [-0.3, -0.25) is 14.8 Å². The molecule has 0 radical (unpaired) electrons. The normalized spacial score (nSPS) is 19.4. The van der Waals surface area contributed by atoms with Crippen LogP contribution < -0.4 is 5.32 Å². The molecule has 1 aliphatic heterocycles. The van der Waals surface area contributed by atoms with Crippen LogP contribution in [-0.2, 0) is 11.2 Å². The van der Waals surface area contributed by atoms with E-state index in [9.17, 15) is 4.79 Å². The van der Waals surface area contributed by atoms with Crippen LogP contribution in [0.4, 0.5) is 0 Å². The van der Waals surface area contributed by atoms with Gasteiger partial charge >= 0.3 is 0 Å². The molecule has 1 aliphatic rings. The summed E-state index contributed by atoms with van der Waals surface area (Å²) >= 11 is 0. The number of hydrogen-bond acceptors (Lipinski definition) is 3. The van der Waals surface area contributed by atoms with Gasteiger partial charge in [-0.05, 0) is 52.9 Å². The number of hydrogen-bond donors (Lipinski definition) is 1. The first-order valence-electron chi connectivity index (χ1n) is 8.01. The third kappa shape index (κ3) is 2.67. The fourth-order valence-corrected chi connectivity index (χ4v) is 3.33. The molecule has 4 heteroatoms. The average Bonchev–Trinajstić information content (AvgIpc) is 2.65. The Labute approximate surface area is 140 Å². The smallest absolute Gasteiger partial charge is 0.228 e. The SMILES string of the molecule is O=C1NC(c2ccncc2)c2ccccc2C1Cc1ccncc1. The molecule has 1 N–H and O–H groups in total. The van der Waals surface area contributed by atoms with E-state index in [-0.39, 0.29) is 17.9 Å². The summed E-state index contributed by atoms with van der Waals surface area (Å²) in [6, 6.07) is 15.9. The lowest BCUT2D eigenvalue weighted by molar-refractivity contribution is -0.123. The van der Waals surface area contributed by atoms with Gasteiger partial charge in [-0.2, -0.15) is 0 Å². The molecule has 2 unspecified atom stereocenters. The lowest BCUT2D eigenvalue weighted by Crippen LogP contribution is -2.39. The number of nitrogens with one attached hydrogen (secondary N) is 1. The van der Waals surface area contributed by atoms with E-state index < -0.39 is 0 Å². The first-order valence-corrected chi connectivity index (χ1v) is 8.01. The van der Waals surface area contributed by atoms with Crippen LogP contribution >= 0.6 is 0 Å². The maximum atomic E-state index is 12.8. The van der Waals surface area contributed by atoms with Crippen LogP contribution in [0.1, 0.15) is 34.2 Å². The van der Waals surface area contributed by atoms with Gasteiger partial charge in [0.2, 0.25) is 5.91 Å². The third-order valence-corrected chi connectivity index (χ3v) is 4.51. The van der Waals surface area contributed by atoms with Crippen LogP contribution in [-0.4, -0.2) is 15.9 Å². The summed E-state index contributed by atoms with van der Waals surface area (Å²) in [7, 11) is 0. The molecular formula is C20H17N3O. The highest BCUT2D eigenvalue weighted by atomic mass is 16.2. The fourth-order valence-electron chi connectivity index (χ4n) is 3.33. The highest BCUT2D eigenvalue weighted by Gasteiger charge is 2.33. The number of amides is 1. The van der Waals surface area contributed by atoms with Crippen molar-refractivity contribution in [1.29, 1.82) is 0 Å². The van der Waals surface area contributed by atoms with E-state index in [0.717, 1.165) is 22.3 Å². The van der Waals surface area contributed by atoms with Gasteiger partial charge in [0.1, 0.15) is 0 Å². The number of benzene rings is 1.